The summed E-state index contributed by atoms with van der Waals surface area (Å²) in [5.74, 6) is -0.130. The fourth-order valence-corrected chi connectivity index (χ4v) is 2.73. The van der Waals surface area contributed by atoms with Gasteiger partial charge in [-0.15, -0.1) is 5.10 Å². The zero-order chi connectivity index (χ0) is 19.2. The molecule has 3 rings (SSSR count). The molecule has 0 bridgehead atoms. The van der Waals surface area contributed by atoms with Crippen molar-refractivity contribution in [3.05, 3.63) is 41.7 Å². The Morgan fingerprint density at radius 1 is 1.15 bits per heavy atom. The number of nitrogens with zero attached hydrogens (tertiary/aromatic N) is 6. The van der Waals surface area contributed by atoms with Crippen LogP contribution in [-0.2, 0) is 11.3 Å². The standard InChI is InChI=1S/C18H22N6O3/c1-4-23(5-2)12-14-16(18(25)26-6-3)19-22-24(14)17-15(20-27-21-17)13-10-8-7-9-11-13/h7-11H,4-6,12H2,1-3H3. The third-order valence-corrected chi connectivity index (χ3v) is 4.22. The number of aromatic nitrogens is 5. The summed E-state index contributed by atoms with van der Waals surface area (Å²) in [6.45, 7) is 8.20. The van der Waals surface area contributed by atoms with Crippen molar-refractivity contribution in [1.29, 1.82) is 0 Å². The van der Waals surface area contributed by atoms with E-state index in [4.69, 9.17) is 9.37 Å². The maximum atomic E-state index is 12.3. The van der Waals surface area contributed by atoms with Gasteiger partial charge in [0.05, 0.1) is 12.3 Å². The molecule has 0 spiro atoms. The summed E-state index contributed by atoms with van der Waals surface area (Å²) in [4.78, 5) is 14.5. The van der Waals surface area contributed by atoms with Crippen molar-refractivity contribution in [3.8, 4) is 17.1 Å². The van der Waals surface area contributed by atoms with Crippen molar-refractivity contribution in [2.45, 2.75) is 27.3 Å². The highest BCUT2D eigenvalue weighted by Crippen LogP contribution is 2.25. The minimum absolute atomic E-state index is 0.172. The monoisotopic (exact) mass is 370 g/mol. The summed E-state index contributed by atoms with van der Waals surface area (Å²) in [5, 5.41) is 16.2. The second-order valence-electron chi connectivity index (χ2n) is 5.78. The molecule has 3 aromatic rings. The van der Waals surface area contributed by atoms with E-state index >= 15 is 0 Å². The van der Waals surface area contributed by atoms with Gasteiger partial charge in [0.2, 0.25) is 5.82 Å². The molecule has 9 nitrogen and oxygen atoms in total. The molecule has 0 aliphatic carbocycles. The number of esters is 1. The molecule has 0 radical (unpaired) electrons. The maximum Gasteiger partial charge on any atom is 0.360 e. The number of carbonyl (C=O) groups is 1. The Labute approximate surface area is 156 Å². The Morgan fingerprint density at radius 3 is 2.56 bits per heavy atom. The molecule has 2 heterocycles. The predicted octanol–water partition coefficient (Wildman–Crippen LogP) is 2.34. The van der Waals surface area contributed by atoms with Gasteiger partial charge >= 0.3 is 5.97 Å². The maximum absolute atomic E-state index is 12.3. The lowest BCUT2D eigenvalue weighted by Gasteiger charge is -2.18. The summed E-state index contributed by atoms with van der Waals surface area (Å²) >= 11 is 0. The van der Waals surface area contributed by atoms with Crippen LogP contribution in [0.4, 0.5) is 0 Å². The van der Waals surface area contributed by atoms with Crippen LogP contribution in [0.3, 0.4) is 0 Å². The fourth-order valence-electron chi connectivity index (χ4n) is 2.73. The molecule has 2 aromatic heterocycles. The van der Waals surface area contributed by atoms with Gasteiger partial charge in [-0.2, -0.15) is 4.68 Å². The van der Waals surface area contributed by atoms with E-state index < -0.39 is 5.97 Å². The summed E-state index contributed by atoms with van der Waals surface area (Å²) in [6.07, 6.45) is 0. The summed E-state index contributed by atoms with van der Waals surface area (Å²) in [6, 6.07) is 9.51. The highest BCUT2D eigenvalue weighted by atomic mass is 16.6. The van der Waals surface area contributed by atoms with E-state index in [0.717, 1.165) is 18.7 Å². The minimum atomic E-state index is -0.511. The molecule has 27 heavy (non-hydrogen) atoms. The first-order valence-electron chi connectivity index (χ1n) is 8.91. The van der Waals surface area contributed by atoms with Crippen LogP contribution in [0.1, 0.15) is 37.0 Å². The minimum Gasteiger partial charge on any atom is -0.461 e. The largest absolute Gasteiger partial charge is 0.461 e. The van der Waals surface area contributed by atoms with Gasteiger partial charge in [-0.05, 0) is 30.3 Å². The third-order valence-electron chi connectivity index (χ3n) is 4.22. The zero-order valence-corrected chi connectivity index (χ0v) is 15.6. The van der Waals surface area contributed by atoms with Crippen LogP contribution in [0.5, 0.6) is 0 Å². The molecule has 0 aliphatic heterocycles. The third kappa shape index (κ3) is 3.87. The zero-order valence-electron chi connectivity index (χ0n) is 15.6. The van der Waals surface area contributed by atoms with E-state index in [1.807, 2.05) is 30.3 Å². The fraction of sp³-hybridized carbons (Fsp3) is 0.389. The second kappa shape index (κ2) is 8.54. The Morgan fingerprint density at radius 2 is 1.89 bits per heavy atom. The average molecular weight is 370 g/mol. The van der Waals surface area contributed by atoms with Crippen molar-refractivity contribution >= 4 is 5.97 Å². The van der Waals surface area contributed by atoms with Crippen molar-refractivity contribution < 1.29 is 14.2 Å². The predicted molar refractivity (Wildman–Crippen MR) is 97.2 cm³/mol. The molecule has 0 unspecified atom stereocenters. The normalized spacial score (nSPS) is 11.1. The van der Waals surface area contributed by atoms with Gasteiger partial charge in [0.25, 0.3) is 0 Å². The van der Waals surface area contributed by atoms with Gasteiger partial charge in [0.1, 0.15) is 0 Å². The molecule has 9 heteroatoms. The first-order valence-corrected chi connectivity index (χ1v) is 8.91. The number of carbonyl (C=O) groups excluding carboxylic acids is 1. The van der Waals surface area contributed by atoms with Gasteiger partial charge in [-0.3, -0.25) is 4.90 Å². The lowest BCUT2D eigenvalue weighted by Crippen LogP contribution is -2.25. The lowest BCUT2D eigenvalue weighted by atomic mass is 10.1. The number of rotatable bonds is 8. The van der Waals surface area contributed by atoms with E-state index in [-0.39, 0.29) is 12.3 Å². The topological polar surface area (TPSA) is 99.2 Å². The van der Waals surface area contributed by atoms with Crippen LogP contribution in [0, 0.1) is 0 Å². The van der Waals surface area contributed by atoms with Crippen LogP contribution in [0.2, 0.25) is 0 Å². The van der Waals surface area contributed by atoms with Gasteiger partial charge in [0, 0.05) is 12.1 Å². The molecule has 0 saturated carbocycles. The van der Waals surface area contributed by atoms with Crippen molar-refractivity contribution in [3.63, 3.8) is 0 Å². The average Bonchev–Trinajstić information content (AvgIpc) is 3.33. The highest BCUT2D eigenvalue weighted by molar-refractivity contribution is 5.88. The summed E-state index contributed by atoms with van der Waals surface area (Å²) < 4.78 is 11.6. The molecule has 0 saturated heterocycles. The first-order chi connectivity index (χ1) is 13.2. The highest BCUT2D eigenvalue weighted by Gasteiger charge is 2.26. The number of hydrogen-bond donors (Lipinski definition) is 0. The first kappa shape index (κ1) is 18.7. The molecular formula is C18H22N6O3. The smallest absolute Gasteiger partial charge is 0.360 e. The van der Waals surface area contributed by atoms with E-state index in [9.17, 15) is 4.79 Å². The van der Waals surface area contributed by atoms with Crippen molar-refractivity contribution in [2.24, 2.45) is 0 Å². The van der Waals surface area contributed by atoms with E-state index in [1.165, 1.54) is 4.68 Å². The molecular weight excluding hydrogens is 348 g/mol. The number of ether oxygens (including phenoxy) is 1. The van der Waals surface area contributed by atoms with Crippen LogP contribution in [0.15, 0.2) is 35.0 Å². The van der Waals surface area contributed by atoms with Crippen LogP contribution in [-0.4, -0.2) is 55.9 Å². The van der Waals surface area contributed by atoms with E-state index in [0.29, 0.717) is 23.8 Å². The van der Waals surface area contributed by atoms with E-state index in [1.54, 1.807) is 6.92 Å². The SMILES string of the molecule is CCOC(=O)c1nnn(-c2nonc2-c2ccccc2)c1CN(CC)CC. The van der Waals surface area contributed by atoms with Crippen molar-refractivity contribution in [1.82, 2.24) is 30.2 Å². The molecule has 0 fully saturated rings. The molecule has 1 aromatic carbocycles. The van der Waals surface area contributed by atoms with Crippen LogP contribution in [0.25, 0.3) is 17.1 Å². The Hall–Kier alpha value is -3.07. The number of benzene rings is 1. The second-order valence-corrected chi connectivity index (χ2v) is 5.78. The van der Waals surface area contributed by atoms with Crippen LogP contribution < -0.4 is 0 Å². The molecule has 142 valence electrons. The van der Waals surface area contributed by atoms with Gasteiger partial charge in [-0.25, -0.2) is 9.42 Å². The van der Waals surface area contributed by atoms with E-state index in [2.05, 4.69) is 39.4 Å². The van der Waals surface area contributed by atoms with Gasteiger partial charge in [0.15, 0.2) is 11.4 Å². The quantitative estimate of drug-likeness (QED) is 0.557. The van der Waals surface area contributed by atoms with Gasteiger partial charge in [-0.1, -0.05) is 49.4 Å². The lowest BCUT2D eigenvalue weighted by molar-refractivity contribution is 0.0516. The summed E-state index contributed by atoms with van der Waals surface area (Å²) in [7, 11) is 0. The Kier molecular flexibility index (Phi) is 5.92. The number of hydrogen-bond acceptors (Lipinski definition) is 8. The van der Waals surface area contributed by atoms with Crippen LogP contribution >= 0.6 is 0 Å². The Bertz CT molecular complexity index is 886. The molecule has 0 aliphatic rings. The Balaban J connectivity index is 2.08. The van der Waals surface area contributed by atoms with Crippen molar-refractivity contribution in [2.75, 3.05) is 19.7 Å². The van der Waals surface area contributed by atoms with Gasteiger partial charge < -0.3 is 4.74 Å². The molecule has 0 amide bonds. The molecule has 0 N–H and O–H groups in total. The molecule has 0 atom stereocenters. The summed E-state index contributed by atoms with van der Waals surface area (Å²) in [5.41, 5.74) is 2.11.